The van der Waals surface area contributed by atoms with Gasteiger partial charge in [0.15, 0.2) is 5.13 Å². The fourth-order valence-electron chi connectivity index (χ4n) is 2.03. The molecule has 4 heteroatoms. The van der Waals surface area contributed by atoms with Gasteiger partial charge in [-0.05, 0) is 18.8 Å². The summed E-state index contributed by atoms with van der Waals surface area (Å²) >= 11 is 1.80. The Bertz CT molecular complexity index is 295. The van der Waals surface area contributed by atoms with E-state index in [1.165, 1.54) is 30.6 Å². The van der Waals surface area contributed by atoms with Gasteiger partial charge >= 0.3 is 0 Å². The maximum absolute atomic E-state index is 4.98. The number of methoxy groups -OCH3 is 1. The van der Waals surface area contributed by atoms with E-state index < -0.39 is 0 Å². The molecule has 0 aromatic carbocycles. The lowest BCUT2D eigenvalue weighted by atomic mass is 10.1. The molecule has 0 spiro atoms. The van der Waals surface area contributed by atoms with Gasteiger partial charge in [-0.25, -0.2) is 4.98 Å². The second-order valence-electron chi connectivity index (χ2n) is 3.97. The van der Waals surface area contributed by atoms with E-state index >= 15 is 0 Å². The van der Waals surface area contributed by atoms with Crippen LogP contribution in [0.15, 0.2) is 6.20 Å². The molecule has 0 atom stereocenters. The zero-order valence-corrected chi connectivity index (χ0v) is 9.98. The molecule has 1 N–H and O–H groups in total. The van der Waals surface area contributed by atoms with Gasteiger partial charge in [0.25, 0.3) is 0 Å². The third-order valence-electron chi connectivity index (χ3n) is 2.86. The Balaban J connectivity index is 1.86. The van der Waals surface area contributed by atoms with Crippen LogP contribution in [0.2, 0.25) is 0 Å². The second kappa shape index (κ2) is 5.47. The van der Waals surface area contributed by atoms with E-state index in [1.807, 2.05) is 6.20 Å². The minimum atomic E-state index is 0.734. The number of hydrogen-bond acceptors (Lipinski definition) is 4. The lowest BCUT2D eigenvalue weighted by Gasteiger charge is -2.03. The average molecular weight is 226 g/mol. The molecule has 0 aliphatic heterocycles. The van der Waals surface area contributed by atoms with Crippen molar-refractivity contribution in [1.29, 1.82) is 0 Å². The van der Waals surface area contributed by atoms with E-state index in [1.54, 1.807) is 18.4 Å². The molecule has 1 aromatic heterocycles. The number of anilines is 1. The van der Waals surface area contributed by atoms with Crippen LogP contribution in [0.4, 0.5) is 5.13 Å². The summed E-state index contributed by atoms with van der Waals surface area (Å²) in [5, 5.41) is 4.31. The van der Waals surface area contributed by atoms with Crippen molar-refractivity contribution in [3.63, 3.8) is 0 Å². The predicted octanol–water partition coefficient (Wildman–Crippen LogP) is 2.86. The number of thiazole rings is 1. The van der Waals surface area contributed by atoms with Crippen LogP contribution in [-0.4, -0.2) is 25.2 Å². The molecule has 3 nitrogen and oxygen atoms in total. The molecule has 1 fully saturated rings. The summed E-state index contributed by atoms with van der Waals surface area (Å²) < 4.78 is 4.98. The van der Waals surface area contributed by atoms with Crippen molar-refractivity contribution in [2.45, 2.75) is 31.6 Å². The topological polar surface area (TPSA) is 34.1 Å². The van der Waals surface area contributed by atoms with Gasteiger partial charge in [-0.15, -0.1) is 11.3 Å². The van der Waals surface area contributed by atoms with Gasteiger partial charge in [0.05, 0.1) is 6.61 Å². The molecular formula is C11H18N2OS. The van der Waals surface area contributed by atoms with E-state index in [4.69, 9.17) is 4.74 Å². The van der Waals surface area contributed by atoms with Gasteiger partial charge in [0.1, 0.15) is 0 Å². The Labute approximate surface area is 94.9 Å². The first-order chi connectivity index (χ1) is 7.40. The fraction of sp³-hybridized carbons (Fsp3) is 0.727. The quantitative estimate of drug-likeness (QED) is 0.784. The van der Waals surface area contributed by atoms with Gasteiger partial charge in [0, 0.05) is 24.7 Å². The van der Waals surface area contributed by atoms with Crippen LogP contribution >= 0.6 is 11.3 Å². The molecule has 0 saturated heterocycles. The molecule has 1 aliphatic rings. The minimum Gasteiger partial charge on any atom is -0.383 e. The molecule has 1 aromatic rings. The molecule has 15 heavy (non-hydrogen) atoms. The Kier molecular flexibility index (Phi) is 3.97. The lowest BCUT2D eigenvalue weighted by molar-refractivity contribution is 0.211. The first kappa shape index (κ1) is 10.9. The van der Waals surface area contributed by atoms with Crippen molar-refractivity contribution in [2.75, 3.05) is 25.6 Å². The van der Waals surface area contributed by atoms with E-state index in [0.29, 0.717) is 0 Å². The highest BCUT2D eigenvalue weighted by Gasteiger charge is 2.19. The first-order valence-electron chi connectivity index (χ1n) is 5.58. The van der Waals surface area contributed by atoms with Crippen LogP contribution in [0.5, 0.6) is 0 Å². The van der Waals surface area contributed by atoms with Crippen molar-refractivity contribution in [3.8, 4) is 0 Å². The Morgan fingerprint density at radius 1 is 1.53 bits per heavy atom. The smallest absolute Gasteiger partial charge is 0.182 e. The highest BCUT2D eigenvalue weighted by molar-refractivity contribution is 7.15. The predicted molar refractivity (Wildman–Crippen MR) is 63.7 cm³/mol. The first-order valence-corrected chi connectivity index (χ1v) is 6.40. The zero-order valence-electron chi connectivity index (χ0n) is 9.16. The number of ether oxygens (including phenoxy) is 1. The van der Waals surface area contributed by atoms with Crippen molar-refractivity contribution in [2.24, 2.45) is 0 Å². The summed E-state index contributed by atoms with van der Waals surface area (Å²) in [5.74, 6) is 0.778. The number of nitrogens with zero attached hydrogens (tertiary/aromatic N) is 1. The molecule has 84 valence electrons. The van der Waals surface area contributed by atoms with Gasteiger partial charge in [-0.2, -0.15) is 0 Å². The van der Waals surface area contributed by atoms with Crippen LogP contribution in [0.1, 0.15) is 36.5 Å². The van der Waals surface area contributed by atoms with Crippen LogP contribution in [-0.2, 0) is 4.74 Å². The van der Waals surface area contributed by atoms with Crippen LogP contribution in [0.3, 0.4) is 0 Å². The highest BCUT2D eigenvalue weighted by atomic mass is 32.1. The van der Waals surface area contributed by atoms with Gasteiger partial charge < -0.3 is 10.1 Å². The standard InChI is InChI=1S/C11H18N2OS/c1-14-7-6-12-11-13-8-10(15-11)9-4-2-3-5-9/h8-9H,2-7H2,1H3,(H,12,13). The van der Waals surface area contributed by atoms with E-state index in [0.717, 1.165) is 24.2 Å². The summed E-state index contributed by atoms with van der Waals surface area (Å²) in [7, 11) is 1.72. The van der Waals surface area contributed by atoms with E-state index in [2.05, 4.69) is 10.3 Å². The molecule has 1 heterocycles. The zero-order chi connectivity index (χ0) is 10.5. The molecule has 0 bridgehead atoms. The molecule has 0 radical (unpaired) electrons. The Morgan fingerprint density at radius 3 is 3.07 bits per heavy atom. The normalized spacial score (nSPS) is 17.1. The summed E-state index contributed by atoms with van der Waals surface area (Å²) in [4.78, 5) is 5.84. The summed E-state index contributed by atoms with van der Waals surface area (Å²) in [6.45, 7) is 1.58. The van der Waals surface area contributed by atoms with Gasteiger partial charge in [-0.1, -0.05) is 12.8 Å². The number of rotatable bonds is 5. The number of nitrogens with one attached hydrogen (secondary N) is 1. The van der Waals surface area contributed by atoms with Crippen LogP contribution in [0.25, 0.3) is 0 Å². The lowest BCUT2D eigenvalue weighted by Crippen LogP contribution is -2.06. The third kappa shape index (κ3) is 2.92. The largest absolute Gasteiger partial charge is 0.383 e. The maximum atomic E-state index is 4.98. The monoisotopic (exact) mass is 226 g/mol. The summed E-state index contributed by atoms with van der Waals surface area (Å²) in [6, 6.07) is 0. The minimum absolute atomic E-state index is 0.734. The summed E-state index contributed by atoms with van der Waals surface area (Å²) in [5.41, 5.74) is 0. The molecule has 0 unspecified atom stereocenters. The van der Waals surface area contributed by atoms with Crippen molar-refractivity contribution in [3.05, 3.63) is 11.1 Å². The van der Waals surface area contributed by atoms with E-state index in [9.17, 15) is 0 Å². The molecule has 0 amide bonds. The number of aromatic nitrogens is 1. The van der Waals surface area contributed by atoms with Gasteiger partial charge in [0.2, 0.25) is 0 Å². The molecule has 1 saturated carbocycles. The fourth-order valence-corrected chi connectivity index (χ4v) is 3.04. The molecule has 2 rings (SSSR count). The van der Waals surface area contributed by atoms with Crippen molar-refractivity contribution in [1.82, 2.24) is 4.98 Å². The van der Waals surface area contributed by atoms with Crippen LogP contribution < -0.4 is 5.32 Å². The Morgan fingerprint density at radius 2 is 2.33 bits per heavy atom. The second-order valence-corrected chi connectivity index (χ2v) is 5.03. The van der Waals surface area contributed by atoms with Gasteiger partial charge in [-0.3, -0.25) is 0 Å². The van der Waals surface area contributed by atoms with E-state index in [-0.39, 0.29) is 0 Å². The maximum Gasteiger partial charge on any atom is 0.182 e. The number of hydrogen-bond donors (Lipinski definition) is 1. The third-order valence-corrected chi connectivity index (χ3v) is 3.98. The van der Waals surface area contributed by atoms with Crippen molar-refractivity contribution < 1.29 is 4.74 Å². The SMILES string of the molecule is COCCNc1ncc(C2CCCC2)s1. The molecule has 1 aliphatic carbocycles. The molecular weight excluding hydrogens is 208 g/mol. The Hall–Kier alpha value is -0.610. The summed E-state index contributed by atoms with van der Waals surface area (Å²) in [6.07, 6.45) is 7.50. The van der Waals surface area contributed by atoms with Crippen LogP contribution in [0, 0.1) is 0 Å². The average Bonchev–Trinajstić information content (AvgIpc) is 2.87. The van der Waals surface area contributed by atoms with Crippen molar-refractivity contribution >= 4 is 16.5 Å². The highest BCUT2D eigenvalue weighted by Crippen LogP contribution is 2.37.